The second kappa shape index (κ2) is 6.98. The fraction of sp³-hybridized carbons (Fsp3) is 0.529. The Morgan fingerprint density at radius 2 is 1.79 bits per heavy atom. The molecule has 2 saturated heterocycles. The van der Waals surface area contributed by atoms with Gasteiger partial charge < -0.3 is 14.9 Å². The fourth-order valence-corrected chi connectivity index (χ4v) is 3.56. The summed E-state index contributed by atoms with van der Waals surface area (Å²) >= 11 is 0. The van der Waals surface area contributed by atoms with Gasteiger partial charge in [0.25, 0.3) is 5.91 Å². The zero-order chi connectivity index (χ0) is 17.1. The van der Waals surface area contributed by atoms with E-state index in [4.69, 9.17) is 0 Å². The first kappa shape index (κ1) is 16.4. The number of piperidine rings is 1. The molecule has 0 aromatic carbocycles. The molecule has 1 aromatic heterocycles. The molecule has 24 heavy (non-hydrogen) atoms. The van der Waals surface area contributed by atoms with Gasteiger partial charge in [0, 0.05) is 37.6 Å². The van der Waals surface area contributed by atoms with Crippen molar-refractivity contribution in [2.45, 2.75) is 31.7 Å². The lowest BCUT2D eigenvalue weighted by atomic mass is 9.95. The van der Waals surface area contributed by atoms with Gasteiger partial charge in [-0.3, -0.25) is 14.6 Å². The molecule has 3 heterocycles. The number of amides is 2. The maximum absolute atomic E-state index is 12.7. The molecule has 0 aliphatic carbocycles. The van der Waals surface area contributed by atoms with Crippen molar-refractivity contribution in [3.63, 3.8) is 0 Å². The summed E-state index contributed by atoms with van der Waals surface area (Å²) in [6, 6.07) is 2.60. The Kier molecular flexibility index (Phi) is 4.78. The smallest absolute Gasteiger partial charge is 0.326 e. The molecule has 0 spiro atoms. The van der Waals surface area contributed by atoms with Crippen LogP contribution in [0.25, 0.3) is 0 Å². The predicted octanol–water partition coefficient (Wildman–Crippen LogP) is 1.01. The Bertz CT molecular complexity index is 634. The number of aromatic nitrogens is 1. The molecule has 2 aliphatic rings. The summed E-state index contributed by atoms with van der Waals surface area (Å²) in [6.45, 7) is 1.46. The number of carboxylic acid groups (broad SMARTS) is 1. The average Bonchev–Trinajstić information content (AvgIpc) is 3.11. The average molecular weight is 331 g/mol. The van der Waals surface area contributed by atoms with Crippen LogP contribution in [-0.2, 0) is 9.59 Å². The number of carboxylic acids is 1. The highest BCUT2D eigenvalue weighted by Gasteiger charge is 2.39. The van der Waals surface area contributed by atoms with Crippen molar-refractivity contribution >= 4 is 17.8 Å². The zero-order valence-electron chi connectivity index (χ0n) is 13.4. The minimum Gasteiger partial charge on any atom is -0.480 e. The van der Waals surface area contributed by atoms with Gasteiger partial charge in [0.05, 0.1) is 5.92 Å². The third-order valence-corrected chi connectivity index (χ3v) is 4.81. The SMILES string of the molecule is O=C(O)[C@H]1CCCN1C(=O)C1CCCN(C(=O)c2ccncc2)C1. The third kappa shape index (κ3) is 3.25. The van der Waals surface area contributed by atoms with E-state index in [0.29, 0.717) is 38.0 Å². The number of hydrogen-bond acceptors (Lipinski definition) is 4. The first-order chi connectivity index (χ1) is 11.6. The highest BCUT2D eigenvalue weighted by Crippen LogP contribution is 2.25. The summed E-state index contributed by atoms with van der Waals surface area (Å²) in [7, 11) is 0. The standard InChI is InChI=1S/C17H21N3O4/c21-15(12-5-7-18-8-6-12)19-9-1-3-13(11-19)16(22)20-10-2-4-14(20)17(23)24/h5-8,13-14H,1-4,9-11H2,(H,23,24)/t13?,14-/m1/s1. The van der Waals surface area contributed by atoms with E-state index in [1.54, 1.807) is 29.4 Å². The van der Waals surface area contributed by atoms with Crippen molar-refractivity contribution in [3.8, 4) is 0 Å². The van der Waals surface area contributed by atoms with E-state index in [1.165, 1.54) is 4.90 Å². The highest BCUT2D eigenvalue weighted by molar-refractivity contribution is 5.94. The Morgan fingerprint density at radius 1 is 1.08 bits per heavy atom. The summed E-state index contributed by atoms with van der Waals surface area (Å²) in [5.74, 6) is -1.50. The zero-order valence-corrected chi connectivity index (χ0v) is 13.4. The van der Waals surface area contributed by atoms with Crippen molar-refractivity contribution in [3.05, 3.63) is 30.1 Å². The van der Waals surface area contributed by atoms with Gasteiger partial charge in [0.1, 0.15) is 6.04 Å². The number of carbonyl (C=O) groups excluding carboxylic acids is 2. The molecule has 7 heteroatoms. The molecule has 1 aromatic rings. The maximum atomic E-state index is 12.7. The monoisotopic (exact) mass is 331 g/mol. The second-order valence-corrected chi connectivity index (χ2v) is 6.35. The van der Waals surface area contributed by atoms with Gasteiger partial charge in [-0.25, -0.2) is 4.79 Å². The van der Waals surface area contributed by atoms with Crippen molar-refractivity contribution in [1.82, 2.24) is 14.8 Å². The Hall–Kier alpha value is -2.44. The van der Waals surface area contributed by atoms with Crippen LogP contribution in [-0.4, -0.2) is 63.4 Å². The van der Waals surface area contributed by atoms with E-state index in [9.17, 15) is 19.5 Å². The van der Waals surface area contributed by atoms with Crippen LogP contribution in [0.3, 0.4) is 0 Å². The summed E-state index contributed by atoms with van der Waals surface area (Å²) < 4.78 is 0. The molecule has 0 radical (unpaired) electrons. The van der Waals surface area contributed by atoms with Gasteiger partial charge in [0.15, 0.2) is 0 Å². The molecular formula is C17H21N3O4. The van der Waals surface area contributed by atoms with Gasteiger partial charge in [-0.15, -0.1) is 0 Å². The highest BCUT2D eigenvalue weighted by atomic mass is 16.4. The van der Waals surface area contributed by atoms with Crippen LogP contribution < -0.4 is 0 Å². The molecule has 1 N–H and O–H groups in total. The van der Waals surface area contributed by atoms with E-state index in [1.807, 2.05) is 0 Å². The molecule has 2 fully saturated rings. The number of carbonyl (C=O) groups is 3. The van der Waals surface area contributed by atoms with Crippen molar-refractivity contribution in [1.29, 1.82) is 0 Å². The van der Waals surface area contributed by atoms with E-state index < -0.39 is 12.0 Å². The number of rotatable bonds is 3. The Balaban J connectivity index is 1.68. The molecule has 2 atom stereocenters. The van der Waals surface area contributed by atoms with Crippen LogP contribution >= 0.6 is 0 Å². The van der Waals surface area contributed by atoms with Crippen LogP contribution in [0.2, 0.25) is 0 Å². The van der Waals surface area contributed by atoms with Crippen LogP contribution in [0.5, 0.6) is 0 Å². The van der Waals surface area contributed by atoms with E-state index in [0.717, 1.165) is 12.8 Å². The van der Waals surface area contributed by atoms with Crippen LogP contribution in [0.4, 0.5) is 0 Å². The minimum atomic E-state index is -0.943. The molecule has 1 unspecified atom stereocenters. The molecular weight excluding hydrogens is 310 g/mol. The third-order valence-electron chi connectivity index (χ3n) is 4.81. The van der Waals surface area contributed by atoms with Gasteiger partial charge in [-0.1, -0.05) is 0 Å². The summed E-state index contributed by atoms with van der Waals surface area (Å²) in [5, 5.41) is 9.26. The quantitative estimate of drug-likeness (QED) is 0.892. The number of hydrogen-bond donors (Lipinski definition) is 1. The van der Waals surface area contributed by atoms with Crippen LogP contribution in [0, 0.1) is 5.92 Å². The van der Waals surface area contributed by atoms with E-state index in [-0.39, 0.29) is 17.7 Å². The first-order valence-electron chi connectivity index (χ1n) is 8.30. The topological polar surface area (TPSA) is 90.8 Å². The molecule has 3 rings (SSSR count). The van der Waals surface area contributed by atoms with Crippen LogP contribution in [0.1, 0.15) is 36.0 Å². The number of likely N-dealkylation sites (tertiary alicyclic amines) is 2. The number of nitrogens with zero attached hydrogens (tertiary/aromatic N) is 3. The van der Waals surface area contributed by atoms with Crippen LogP contribution in [0.15, 0.2) is 24.5 Å². The van der Waals surface area contributed by atoms with E-state index >= 15 is 0 Å². The van der Waals surface area contributed by atoms with Crippen molar-refractivity contribution in [2.75, 3.05) is 19.6 Å². The minimum absolute atomic E-state index is 0.105. The summed E-state index contributed by atoms with van der Waals surface area (Å²) in [6.07, 6.45) is 5.81. The fourth-order valence-electron chi connectivity index (χ4n) is 3.56. The first-order valence-corrected chi connectivity index (χ1v) is 8.30. The Morgan fingerprint density at radius 3 is 2.50 bits per heavy atom. The lowest BCUT2D eigenvalue weighted by Gasteiger charge is -2.35. The maximum Gasteiger partial charge on any atom is 0.326 e. The van der Waals surface area contributed by atoms with Crippen molar-refractivity contribution < 1.29 is 19.5 Å². The van der Waals surface area contributed by atoms with Gasteiger partial charge >= 0.3 is 5.97 Å². The molecule has 128 valence electrons. The second-order valence-electron chi connectivity index (χ2n) is 6.35. The van der Waals surface area contributed by atoms with Crippen molar-refractivity contribution in [2.24, 2.45) is 5.92 Å². The molecule has 0 bridgehead atoms. The largest absolute Gasteiger partial charge is 0.480 e. The number of aliphatic carboxylic acids is 1. The lowest BCUT2D eigenvalue weighted by molar-refractivity contribution is -0.150. The molecule has 7 nitrogen and oxygen atoms in total. The normalized spacial score (nSPS) is 24.0. The Labute approximate surface area is 140 Å². The molecule has 0 saturated carbocycles. The molecule has 2 amide bonds. The predicted molar refractivity (Wildman–Crippen MR) is 85.2 cm³/mol. The van der Waals surface area contributed by atoms with E-state index in [2.05, 4.69) is 4.98 Å². The number of pyridine rings is 1. The van der Waals surface area contributed by atoms with Gasteiger partial charge in [0.2, 0.25) is 5.91 Å². The summed E-state index contributed by atoms with van der Waals surface area (Å²) in [4.78, 5) is 43.6. The van der Waals surface area contributed by atoms with Gasteiger partial charge in [-0.05, 0) is 37.8 Å². The summed E-state index contributed by atoms with van der Waals surface area (Å²) in [5.41, 5.74) is 0.558. The lowest BCUT2D eigenvalue weighted by Crippen LogP contribution is -2.49. The molecule has 2 aliphatic heterocycles. The van der Waals surface area contributed by atoms with Gasteiger partial charge in [-0.2, -0.15) is 0 Å².